The molecule has 0 amide bonds. The van der Waals surface area contributed by atoms with Crippen molar-refractivity contribution in [3.63, 3.8) is 0 Å². The zero-order valence-corrected chi connectivity index (χ0v) is 14.6. The summed E-state index contributed by atoms with van der Waals surface area (Å²) in [6.45, 7) is 1.89. The van der Waals surface area contributed by atoms with Crippen LogP contribution >= 0.6 is 27.7 Å². The molecule has 3 aromatic rings. The van der Waals surface area contributed by atoms with Gasteiger partial charge in [-0.3, -0.25) is 9.89 Å². The summed E-state index contributed by atoms with van der Waals surface area (Å²) in [7, 11) is 0. The third-order valence-corrected chi connectivity index (χ3v) is 4.74. The van der Waals surface area contributed by atoms with Gasteiger partial charge in [-0.25, -0.2) is 4.68 Å². The van der Waals surface area contributed by atoms with Crippen LogP contribution in [0.15, 0.2) is 40.0 Å². The molecule has 3 N–H and O–H groups in total. The van der Waals surface area contributed by atoms with Gasteiger partial charge in [0, 0.05) is 15.7 Å². The molecular weight excluding hydrogens is 380 g/mol. The molecule has 0 aliphatic rings. The van der Waals surface area contributed by atoms with E-state index in [2.05, 4.69) is 36.3 Å². The largest absolute Gasteiger partial charge is 0.335 e. The Morgan fingerprint density at radius 1 is 1.39 bits per heavy atom. The smallest absolute Gasteiger partial charge is 0.210 e. The Labute approximate surface area is 144 Å². The quantitative estimate of drug-likeness (QED) is 0.392. The van der Waals surface area contributed by atoms with Gasteiger partial charge < -0.3 is 5.84 Å². The zero-order chi connectivity index (χ0) is 16.4. The lowest BCUT2D eigenvalue weighted by Crippen LogP contribution is -2.13. The normalized spacial score (nSPS) is 10.9. The summed E-state index contributed by atoms with van der Waals surface area (Å²) in [5.74, 6) is 6.65. The second-order valence-electron chi connectivity index (χ2n) is 4.80. The molecule has 0 saturated heterocycles. The van der Waals surface area contributed by atoms with Gasteiger partial charge in [0.05, 0.1) is 5.75 Å². The van der Waals surface area contributed by atoms with E-state index < -0.39 is 0 Å². The molecule has 2 heterocycles. The van der Waals surface area contributed by atoms with Gasteiger partial charge in [-0.05, 0) is 19.1 Å². The van der Waals surface area contributed by atoms with Crippen LogP contribution in [0.1, 0.15) is 16.1 Å². The van der Waals surface area contributed by atoms with Crippen molar-refractivity contribution in [3.05, 3.63) is 46.1 Å². The molecule has 7 nitrogen and oxygen atoms in total. The van der Waals surface area contributed by atoms with E-state index in [1.54, 1.807) is 6.07 Å². The maximum absolute atomic E-state index is 12.3. The van der Waals surface area contributed by atoms with Crippen molar-refractivity contribution >= 4 is 33.5 Å². The Morgan fingerprint density at radius 3 is 2.87 bits per heavy atom. The summed E-state index contributed by atoms with van der Waals surface area (Å²) in [6, 6.07) is 9.13. The van der Waals surface area contributed by atoms with Gasteiger partial charge in [0.25, 0.3) is 0 Å². The number of hydrogen-bond donors (Lipinski definition) is 2. The number of aromatic nitrogens is 5. The van der Waals surface area contributed by atoms with E-state index in [4.69, 9.17) is 5.84 Å². The molecule has 0 spiro atoms. The summed E-state index contributed by atoms with van der Waals surface area (Å²) in [5, 5.41) is 15.4. The molecule has 23 heavy (non-hydrogen) atoms. The third kappa shape index (κ3) is 3.30. The number of rotatable bonds is 5. The SMILES string of the molecule is Cc1cc(-c2nnc(SCC(=O)c3ccccc3Br)n2N)n[nH]1. The van der Waals surface area contributed by atoms with Gasteiger partial charge in [-0.15, -0.1) is 10.2 Å². The van der Waals surface area contributed by atoms with Gasteiger partial charge in [-0.2, -0.15) is 5.10 Å². The standard InChI is InChI=1S/C14H13BrN6OS/c1-8-6-11(18-17-8)13-19-20-14(21(13)16)23-7-12(22)9-4-2-3-5-10(9)15/h2-6H,7,16H2,1H3,(H,17,18). The van der Waals surface area contributed by atoms with Crippen molar-refractivity contribution < 1.29 is 4.79 Å². The molecule has 0 saturated carbocycles. The average molecular weight is 393 g/mol. The van der Waals surface area contributed by atoms with Crippen LogP contribution in [0.5, 0.6) is 0 Å². The Morgan fingerprint density at radius 2 is 2.17 bits per heavy atom. The van der Waals surface area contributed by atoms with Crippen LogP contribution in [0.2, 0.25) is 0 Å². The van der Waals surface area contributed by atoms with E-state index in [0.29, 0.717) is 22.2 Å². The number of thioether (sulfide) groups is 1. The molecule has 0 unspecified atom stereocenters. The number of nitrogens with zero attached hydrogens (tertiary/aromatic N) is 4. The Hall–Kier alpha value is -2.13. The number of Topliss-reactive ketones (excluding diaryl/α,β-unsaturated/α-hetero) is 1. The highest BCUT2D eigenvalue weighted by Crippen LogP contribution is 2.23. The predicted octanol–water partition coefficient (Wildman–Crippen LogP) is 2.43. The van der Waals surface area contributed by atoms with Gasteiger partial charge in [0.2, 0.25) is 11.0 Å². The van der Waals surface area contributed by atoms with Gasteiger partial charge in [-0.1, -0.05) is 45.9 Å². The van der Waals surface area contributed by atoms with Gasteiger partial charge in [0.15, 0.2) is 5.78 Å². The first-order valence-corrected chi connectivity index (χ1v) is 8.47. The fourth-order valence-electron chi connectivity index (χ4n) is 1.98. The second-order valence-corrected chi connectivity index (χ2v) is 6.60. The fourth-order valence-corrected chi connectivity index (χ4v) is 3.22. The van der Waals surface area contributed by atoms with E-state index in [0.717, 1.165) is 10.2 Å². The van der Waals surface area contributed by atoms with Crippen LogP contribution in [0, 0.1) is 6.92 Å². The number of halogens is 1. The van der Waals surface area contributed by atoms with Crippen LogP contribution < -0.4 is 5.84 Å². The number of carbonyl (C=O) groups excluding carboxylic acids is 1. The molecule has 0 bridgehead atoms. The number of nitrogens with two attached hydrogens (primary N) is 1. The number of aryl methyl sites for hydroxylation is 1. The summed E-state index contributed by atoms with van der Waals surface area (Å²) < 4.78 is 2.11. The minimum absolute atomic E-state index is 0.0114. The number of carbonyl (C=O) groups is 1. The highest BCUT2D eigenvalue weighted by atomic mass is 79.9. The maximum atomic E-state index is 12.3. The number of hydrogen-bond acceptors (Lipinski definition) is 6. The van der Waals surface area contributed by atoms with Crippen molar-refractivity contribution in [1.82, 2.24) is 25.1 Å². The minimum atomic E-state index is -0.0114. The first-order valence-electron chi connectivity index (χ1n) is 6.69. The van der Waals surface area contributed by atoms with Gasteiger partial charge in [0.1, 0.15) is 5.69 Å². The van der Waals surface area contributed by atoms with Crippen molar-refractivity contribution in [1.29, 1.82) is 0 Å². The van der Waals surface area contributed by atoms with Crippen LogP contribution in [-0.4, -0.2) is 36.6 Å². The first kappa shape index (κ1) is 15.8. The lowest BCUT2D eigenvalue weighted by molar-refractivity contribution is 0.102. The van der Waals surface area contributed by atoms with Crippen LogP contribution in [0.3, 0.4) is 0 Å². The number of benzene rings is 1. The summed E-state index contributed by atoms with van der Waals surface area (Å²) in [4.78, 5) is 12.3. The first-order chi connectivity index (χ1) is 11.1. The molecule has 0 aliphatic heterocycles. The molecular formula is C14H13BrN6OS. The molecule has 1 aromatic carbocycles. The third-order valence-electron chi connectivity index (χ3n) is 3.11. The summed E-state index contributed by atoms with van der Waals surface area (Å²) >= 11 is 4.61. The maximum Gasteiger partial charge on any atom is 0.210 e. The van der Waals surface area contributed by atoms with Crippen LogP contribution in [0.4, 0.5) is 0 Å². The van der Waals surface area contributed by atoms with Crippen LogP contribution in [-0.2, 0) is 0 Å². The van der Waals surface area contributed by atoms with Crippen molar-refractivity contribution in [3.8, 4) is 11.5 Å². The lowest BCUT2D eigenvalue weighted by Gasteiger charge is -2.03. The fraction of sp³-hybridized carbons (Fsp3) is 0.143. The van der Waals surface area contributed by atoms with Crippen molar-refractivity contribution in [2.75, 3.05) is 11.6 Å². The van der Waals surface area contributed by atoms with Gasteiger partial charge >= 0.3 is 0 Å². The van der Waals surface area contributed by atoms with E-state index in [9.17, 15) is 4.79 Å². The Kier molecular flexibility index (Phi) is 4.49. The van der Waals surface area contributed by atoms with E-state index in [1.807, 2.05) is 31.2 Å². The second kappa shape index (κ2) is 6.55. The zero-order valence-electron chi connectivity index (χ0n) is 12.2. The molecule has 0 fully saturated rings. The van der Waals surface area contributed by atoms with E-state index >= 15 is 0 Å². The number of nitrogen functional groups attached to an aromatic ring is 1. The highest BCUT2D eigenvalue weighted by molar-refractivity contribution is 9.10. The van der Waals surface area contributed by atoms with Crippen molar-refractivity contribution in [2.24, 2.45) is 0 Å². The minimum Gasteiger partial charge on any atom is -0.335 e. The highest BCUT2D eigenvalue weighted by Gasteiger charge is 2.17. The van der Waals surface area contributed by atoms with E-state index in [-0.39, 0.29) is 11.5 Å². The summed E-state index contributed by atoms with van der Waals surface area (Å²) in [5.41, 5.74) is 2.15. The molecule has 0 atom stereocenters. The summed E-state index contributed by atoms with van der Waals surface area (Å²) in [6.07, 6.45) is 0. The molecule has 118 valence electrons. The van der Waals surface area contributed by atoms with Crippen molar-refractivity contribution in [2.45, 2.75) is 12.1 Å². The molecule has 2 aromatic heterocycles. The Balaban J connectivity index is 1.73. The predicted molar refractivity (Wildman–Crippen MR) is 91.7 cm³/mol. The number of aromatic amines is 1. The van der Waals surface area contributed by atoms with E-state index in [1.165, 1.54) is 16.4 Å². The molecule has 0 aliphatic carbocycles. The molecule has 0 radical (unpaired) electrons. The monoisotopic (exact) mass is 392 g/mol. The number of H-pyrrole nitrogens is 1. The molecule has 9 heteroatoms. The van der Waals surface area contributed by atoms with Crippen LogP contribution in [0.25, 0.3) is 11.5 Å². The number of nitrogens with one attached hydrogen (secondary N) is 1. The lowest BCUT2D eigenvalue weighted by atomic mass is 10.1. The Bertz CT molecular complexity index is 859. The molecule has 3 rings (SSSR count). The number of ketones is 1. The topological polar surface area (TPSA) is 102 Å². The average Bonchev–Trinajstić information content (AvgIpc) is 3.11.